The second kappa shape index (κ2) is 22.1. The van der Waals surface area contributed by atoms with Crippen LogP contribution < -0.4 is 42.9 Å². The van der Waals surface area contributed by atoms with Crippen LogP contribution in [0.3, 0.4) is 0 Å². The maximum Gasteiger partial charge on any atom is 0.534 e. The molecule has 0 aliphatic carbocycles. The molecule has 0 atom stereocenters. The quantitative estimate of drug-likeness (QED) is 0.0498. The van der Waals surface area contributed by atoms with Crippen molar-refractivity contribution in [3.05, 3.63) is 24.3 Å². The third kappa shape index (κ3) is 14.2. The SMILES string of the molecule is COc1cc(OS(=O)(=O)C(F)(F)F)c2c(OS(=O)(=O)C(F)(F)F)c(OS(=O)(=O)C(F)(F)F)cc(OS(=O)(=O)C(F)(F)F)c2c1-c1c(OC)cc(OS(=O)(=O)C(F)(F)F)c2c(OS(=O)(=O)C(F)(F)F)c(OS(=O)(=O)C(F)(F)F)cc(OS(=O)(=O)C(F)(F)F)c12. The van der Waals surface area contributed by atoms with E-state index in [2.05, 4.69) is 42.9 Å². The summed E-state index contributed by atoms with van der Waals surface area (Å²) < 4.78 is 575. The van der Waals surface area contributed by atoms with E-state index in [4.69, 9.17) is 0 Å². The van der Waals surface area contributed by atoms with Gasteiger partial charge in [0, 0.05) is 46.2 Å². The Hall–Kier alpha value is -6.68. The van der Waals surface area contributed by atoms with Crippen molar-refractivity contribution >= 4 is 102 Å². The van der Waals surface area contributed by atoms with Gasteiger partial charge in [-0.1, -0.05) is 0 Å². The first-order valence-electron chi connectivity index (χ1n) is 19.1. The molecule has 4 aromatic carbocycles. The fourth-order valence-corrected chi connectivity index (χ4v) is 9.37. The second-order valence-electron chi connectivity index (χ2n) is 14.7. The van der Waals surface area contributed by atoms with Crippen molar-refractivity contribution in [1.82, 2.24) is 0 Å². The van der Waals surface area contributed by atoms with Gasteiger partial charge >= 0.3 is 125 Å². The van der Waals surface area contributed by atoms with Crippen LogP contribution in [0.2, 0.25) is 0 Å². The number of hydrogen-bond donors (Lipinski definition) is 0. The molecule has 58 heteroatoms. The summed E-state index contributed by atoms with van der Waals surface area (Å²) in [5.41, 5.74) is -63.9. The van der Waals surface area contributed by atoms with Gasteiger partial charge in [0.15, 0.2) is 46.0 Å². The Morgan fingerprint density at radius 1 is 0.227 bits per heavy atom. The van der Waals surface area contributed by atoms with Gasteiger partial charge in [0.25, 0.3) is 0 Å². The maximum absolute atomic E-state index is 14.2. The van der Waals surface area contributed by atoms with Gasteiger partial charge in [-0.15, -0.1) is 0 Å². The summed E-state index contributed by atoms with van der Waals surface area (Å²) in [5, 5.41) is -13.1. The van der Waals surface area contributed by atoms with Crippen molar-refractivity contribution in [2.24, 2.45) is 0 Å². The van der Waals surface area contributed by atoms with Gasteiger partial charge in [-0.25, -0.2) is 0 Å². The van der Waals surface area contributed by atoms with Crippen molar-refractivity contribution in [2.75, 3.05) is 14.2 Å². The Morgan fingerprint density at radius 2 is 0.375 bits per heavy atom. The summed E-state index contributed by atoms with van der Waals surface area (Å²) in [5.74, 6) is -32.4. The van der Waals surface area contributed by atoms with E-state index in [1.807, 2.05) is 0 Å². The van der Waals surface area contributed by atoms with E-state index in [1.165, 1.54) is 0 Å². The zero-order chi connectivity index (χ0) is 69.1. The van der Waals surface area contributed by atoms with Crippen LogP contribution in [0, 0.1) is 0 Å². The molecule has 0 aliphatic heterocycles. The molecule has 0 N–H and O–H groups in total. The number of hydrogen-bond acceptors (Lipinski definition) is 26. The minimum Gasteiger partial charge on any atom is -0.496 e. The predicted octanol–water partition coefficient (Wildman–Crippen LogP) is 7.50. The highest BCUT2D eigenvalue weighted by atomic mass is 32.3. The van der Waals surface area contributed by atoms with Crippen LogP contribution in [0.15, 0.2) is 24.3 Å². The van der Waals surface area contributed by atoms with Gasteiger partial charge in [-0.3, -0.25) is 0 Å². The van der Waals surface area contributed by atoms with Gasteiger partial charge in [-0.2, -0.15) is 173 Å². The summed E-state index contributed by atoms with van der Waals surface area (Å²) in [6, 6.07) is -5.25. The molecule has 0 radical (unpaired) electrons. The van der Waals surface area contributed by atoms with Crippen LogP contribution in [0.4, 0.5) is 105 Å². The lowest BCUT2D eigenvalue weighted by Crippen LogP contribution is -2.31. The Morgan fingerprint density at radius 3 is 0.545 bits per heavy atom. The van der Waals surface area contributed by atoms with Crippen molar-refractivity contribution in [1.29, 1.82) is 0 Å². The van der Waals surface area contributed by atoms with Crippen molar-refractivity contribution in [2.45, 2.75) is 44.1 Å². The number of fused-ring (bicyclic) bond motifs is 2. The topological polar surface area (TPSA) is 365 Å². The Bertz CT molecular complexity index is 4170. The number of benzene rings is 4. The Labute approximate surface area is 467 Å². The monoisotopic (exact) mass is 1500 g/mol. The molecule has 88 heavy (non-hydrogen) atoms. The lowest BCUT2D eigenvalue weighted by atomic mass is 9.89. The summed E-state index contributed by atoms with van der Waals surface area (Å²) in [7, 11) is -65.5. The lowest BCUT2D eigenvalue weighted by molar-refractivity contribution is -0.0513. The van der Waals surface area contributed by atoms with E-state index in [0.29, 0.717) is 0 Å². The van der Waals surface area contributed by atoms with E-state index in [1.54, 1.807) is 0 Å². The highest BCUT2D eigenvalue weighted by molar-refractivity contribution is 7.90. The van der Waals surface area contributed by atoms with E-state index < -0.39 is 239 Å². The Kier molecular flexibility index (Phi) is 18.5. The zero-order valence-corrected chi connectivity index (χ0v) is 45.8. The van der Waals surface area contributed by atoms with Crippen LogP contribution in [0.5, 0.6) is 57.5 Å². The molecule has 0 saturated heterocycles. The average molecular weight is 1500 g/mol. The molecule has 0 bridgehead atoms. The lowest BCUT2D eigenvalue weighted by Gasteiger charge is -2.26. The first kappa shape index (κ1) is 73.8. The van der Waals surface area contributed by atoms with Crippen molar-refractivity contribution < 1.29 is 216 Å². The number of rotatable bonds is 19. The molecule has 4 rings (SSSR count). The van der Waals surface area contributed by atoms with Gasteiger partial charge < -0.3 is 42.9 Å². The molecule has 0 unspecified atom stereocenters. The maximum atomic E-state index is 14.2. The molecule has 0 aromatic heterocycles. The van der Waals surface area contributed by atoms with Gasteiger partial charge in [0.1, 0.15) is 11.5 Å². The Balaban J connectivity index is 2.96. The van der Waals surface area contributed by atoms with Gasteiger partial charge in [0.2, 0.25) is 0 Å². The predicted molar refractivity (Wildman–Crippen MR) is 225 cm³/mol. The highest BCUT2D eigenvalue weighted by Gasteiger charge is 2.57. The molecule has 26 nitrogen and oxygen atoms in total. The number of ether oxygens (including phenoxy) is 2. The molecule has 0 amide bonds. The summed E-state index contributed by atoms with van der Waals surface area (Å²) in [6.45, 7) is 0. The molecular weight excluding hydrogens is 1490 g/mol. The van der Waals surface area contributed by atoms with E-state index >= 15 is 0 Å². The molecule has 0 spiro atoms. The number of alkyl halides is 24. The molecule has 0 fully saturated rings. The third-order valence-electron chi connectivity index (χ3n) is 8.97. The summed E-state index contributed by atoms with van der Waals surface area (Å²) in [6.07, 6.45) is 0. The molecule has 4 aromatic rings. The van der Waals surface area contributed by atoms with Crippen LogP contribution >= 0.6 is 0 Å². The fraction of sp³-hybridized carbons (Fsp3) is 0.333. The minimum atomic E-state index is -8.24. The van der Waals surface area contributed by atoms with Crippen LogP contribution in [-0.4, -0.2) is 126 Å². The van der Waals surface area contributed by atoms with E-state index in [-0.39, 0.29) is 14.2 Å². The molecule has 0 saturated carbocycles. The molecule has 502 valence electrons. The number of halogens is 24. The molecular formula is C30H10F24O26S8. The van der Waals surface area contributed by atoms with Crippen molar-refractivity contribution in [3.63, 3.8) is 0 Å². The molecule has 0 heterocycles. The third-order valence-corrected chi connectivity index (χ3v) is 16.7. The van der Waals surface area contributed by atoms with Crippen LogP contribution in [-0.2, 0) is 80.9 Å². The first-order chi connectivity index (χ1) is 38.6. The average Bonchev–Trinajstić information content (AvgIpc) is 0.796. The van der Waals surface area contributed by atoms with Crippen LogP contribution in [0.1, 0.15) is 0 Å². The van der Waals surface area contributed by atoms with E-state index in [0.717, 1.165) is 0 Å². The highest BCUT2D eigenvalue weighted by Crippen LogP contribution is 2.61. The number of methoxy groups -OCH3 is 2. The summed E-state index contributed by atoms with van der Waals surface area (Å²) >= 11 is 0. The minimum absolute atomic E-state index is 0.232. The molecule has 0 aliphatic rings. The zero-order valence-electron chi connectivity index (χ0n) is 39.3. The van der Waals surface area contributed by atoms with Crippen LogP contribution in [0.25, 0.3) is 32.7 Å². The normalized spacial score (nSPS) is 14.5. The smallest absolute Gasteiger partial charge is 0.496 e. The summed E-state index contributed by atoms with van der Waals surface area (Å²) in [4.78, 5) is 0. The first-order valence-corrected chi connectivity index (χ1v) is 30.4. The van der Waals surface area contributed by atoms with Gasteiger partial charge in [0.05, 0.1) is 25.0 Å². The van der Waals surface area contributed by atoms with Gasteiger partial charge in [-0.05, 0) is 0 Å². The largest absolute Gasteiger partial charge is 0.534 e. The fourth-order valence-electron chi connectivity index (χ4n) is 5.65. The van der Waals surface area contributed by atoms with Crippen molar-refractivity contribution in [3.8, 4) is 68.6 Å². The second-order valence-corrected chi connectivity index (χ2v) is 27.0. The van der Waals surface area contributed by atoms with E-state index in [9.17, 15) is 173 Å². The standard InChI is InChI=1S/C30H10F24O26S8/c1-71-7-3-11(75-83(59,60)25(37,38)39)19-17(9(73-81(55,56)23(31,32)33)5-13(77-85(63,64)27(43,44)45)21(19)79-87(67,68)29(49,50)51)15(7)16-8(72-2)4-12(76-84(61,62)26(40,41)42)20-18(16)10(74-82(57,58)24(34,35)36)6-14(78-86(65,66)28(46,47)48)22(20)80-88(69,70)30(52,53)54/h3-6H,1-2H3.